The van der Waals surface area contributed by atoms with E-state index < -0.39 is 11.9 Å². The Morgan fingerprint density at radius 3 is 2.71 bits per heavy atom. The highest BCUT2D eigenvalue weighted by atomic mass is 19.4. The topological polar surface area (TPSA) is 61.8 Å². The number of pyridine rings is 1. The fourth-order valence-corrected chi connectivity index (χ4v) is 1.10. The summed E-state index contributed by atoms with van der Waals surface area (Å²) in [5.74, 6) is -0.329. The van der Waals surface area contributed by atoms with Crippen LogP contribution in [0.4, 0.5) is 13.2 Å². The Balaban J connectivity index is 2.73. The molecule has 0 aliphatic heterocycles. The monoisotopic (exact) mass is 203 g/mol. The molecular weight excluding hydrogens is 199 g/mol. The van der Waals surface area contributed by atoms with Crippen LogP contribution in [0.5, 0.6) is 5.75 Å². The fourth-order valence-electron chi connectivity index (χ4n) is 1.10. The van der Waals surface area contributed by atoms with Gasteiger partial charge in [0.15, 0.2) is 5.65 Å². The van der Waals surface area contributed by atoms with E-state index in [4.69, 9.17) is 5.11 Å². The summed E-state index contributed by atoms with van der Waals surface area (Å²) >= 11 is 0. The van der Waals surface area contributed by atoms with Gasteiger partial charge in [0.05, 0.1) is 11.6 Å². The molecule has 0 spiro atoms. The number of aromatic amines is 1. The summed E-state index contributed by atoms with van der Waals surface area (Å²) in [6.45, 7) is 0. The maximum atomic E-state index is 12.3. The minimum Gasteiger partial charge on any atom is -0.506 e. The molecule has 2 N–H and O–H groups in total. The maximum Gasteiger partial charge on any atom is 0.433 e. The molecule has 0 saturated carbocycles. The van der Waals surface area contributed by atoms with Crippen LogP contribution in [0.15, 0.2) is 12.3 Å². The predicted molar refractivity (Wildman–Crippen MR) is 40.6 cm³/mol. The Bertz CT molecular complexity index is 476. The Kier molecular flexibility index (Phi) is 1.63. The first kappa shape index (κ1) is 8.79. The van der Waals surface area contributed by atoms with Crippen LogP contribution >= 0.6 is 0 Å². The summed E-state index contributed by atoms with van der Waals surface area (Å²) in [7, 11) is 0. The van der Waals surface area contributed by atoms with Gasteiger partial charge in [-0.1, -0.05) is 0 Å². The zero-order valence-corrected chi connectivity index (χ0v) is 6.63. The van der Waals surface area contributed by atoms with E-state index in [9.17, 15) is 13.2 Å². The van der Waals surface area contributed by atoms with E-state index in [1.807, 2.05) is 5.10 Å². The van der Waals surface area contributed by atoms with Crippen LogP contribution in [0, 0.1) is 0 Å². The summed E-state index contributed by atoms with van der Waals surface area (Å²) in [5, 5.41) is 13.9. The minimum absolute atomic E-state index is 0.0740. The number of alkyl halides is 3. The average Bonchev–Trinajstić information content (AvgIpc) is 2.45. The Labute approximate surface area is 75.4 Å². The summed E-state index contributed by atoms with van der Waals surface area (Å²) in [4.78, 5) is 3.52. The van der Waals surface area contributed by atoms with Crippen molar-refractivity contribution in [1.29, 1.82) is 0 Å². The quantitative estimate of drug-likeness (QED) is 0.684. The van der Waals surface area contributed by atoms with Crippen LogP contribution in [0.3, 0.4) is 0 Å². The van der Waals surface area contributed by atoms with E-state index in [1.54, 1.807) is 0 Å². The molecule has 4 nitrogen and oxygen atoms in total. The van der Waals surface area contributed by atoms with E-state index in [0.29, 0.717) is 0 Å². The molecule has 14 heavy (non-hydrogen) atoms. The van der Waals surface area contributed by atoms with Crippen molar-refractivity contribution in [3.8, 4) is 5.75 Å². The molecule has 0 atom stereocenters. The van der Waals surface area contributed by atoms with Crippen LogP contribution in [-0.4, -0.2) is 20.3 Å². The van der Waals surface area contributed by atoms with Gasteiger partial charge in [-0.15, -0.1) is 0 Å². The van der Waals surface area contributed by atoms with Gasteiger partial charge < -0.3 is 5.11 Å². The summed E-state index contributed by atoms with van der Waals surface area (Å²) in [5.41, 5.74) is -1.08. The molecule has 0 aliphatic carbocycles. The molecule has 0 amide bonds. The standard InChI is InChI=1S/C7H4F3N3O/c8-7(9,10)5-4-1-3(14)2-11-6(4)13-12-5/h1-2,14H,(H,11,12,13). The third kappa shape index (κ3) is 1.26. The molecule has 2 rings (SSSR count). The van der Waals surface area contributed by atoms with Gasteiger partial charge in [0.1, 0.15) is 11.4 Å². The van der Waals surface area contributed by atoms with Crippen molar-refractivity contribution in [2.45, 2.75) is 6.18 Å². The molecular formula is C7H4F3N3O. The second-order valence-corrected chi connectivity index (χ2v) is 2.66. The van der Waals surface area contributed by atoms with Crippen molar-refractivity contribution < 1.29 is 18.3 Å². The van der Waals surface area contributed by atoms with Gasteiger partial charge in [-0.3, -0.25) is 5.10 Å². The van der Waals surface area contributed by atoms with Crippen molar-refractivity contribution in [3.63, 3.8) is 0 Å². The Morgan fingerprint density at radius 1 is 1.36 bits per heavy atom. The molecule has 0 aliphatic rings. The number of rotatable bonds is 0. The molecule has 74 valence electrons. The summed E-state index contributed by atoms with van der Waals surface area (Å²) in [6, 6.07) is 0.967. The third-order valence-electron chi connectivity index (χ3n) is 1.68. The predicted octanol–water partition coefficient (Wildman–Crippen LogP) is 1.68. The first-order chi connectivity index (χ1) is 6.48. The second-order valence-electron chi connectivity index (χ2n) is 2.66. The minimum atomic E-state index is -4.52. The van der Waals surface area contributed by atoms with Crippen LogP contribution in [0.25, 0.3) is 11.0 Å². The lowest BCUT2D eigenvalue weighted by Crippen LogP contribution is -2.05. The molecule has 0 aromatic carbocycles. The van der Waals surface area contributed by atoms with Gasteiger partial charge in [0.25, 0.3) is 0 Å². The van der Waals surface area contributed by atoms with Crippen molar-refractivity contribution in [1.82, 2.24) is 15.2 Å². The van der Waals surface area contributed by atoms with Gasteiger partial charge in [-0.2, -0.15) is 18.3 Å². The van der Waals surface area contributed by atoms with E-state index in [2.05, 4.69) is 10.1 Å². The van der Waals surface area contributed by atoms with Gasteiger partial charge in [0.2, 0.25) is 0 Å². The Morgan fingerprint density at radius 2 is 2.07 bits per heavy atom. The highest BCUT2D eigenvalue weighted by molar-refractivity contribution is 5.79. The van der Waals surface area contributed by atoms with Crippen molar-refractivity contribution >= 4 is 11.0 Å². The van der Waals surface area contributed by atoms with E-state index in [1.165, 1.54) is 0 Å². The zero-order chi connectivity index (χ0) is 10.3. The van der Waals surface area contributed by atoms with Gasteiger partial charge in [0, 0.05) is 0 Å². The van der Waals surface area contributed by atoms with E-state index >= 15 is 0 Å². The third-order valence-corrected chi connectivity index (χ3v) is 1.68. The molecule has 0 fully saturated rings. The van der Waals surface area contributed by atoms with Gasteiger partial charge >= 0.3 is 6.18 Å². The largest absolute Gasteiger partial charge is 0.506 e. The highest BCUT2D eigenvalue weighted by Gasteiger charge is 2.35. The fraction of sp³-hybridized carbons (Fsp3) is 0.143. The lowest BCUT2D eigenvalue weighted by atomic mass is 10.2. The summed E-state index contributed by atoms with van der Waals surface area (Å²) < 4.78 is 36.9. The zero-order valence-electron chi connectivity index (χ0n) is 6.63. The number of hydrogen-bond acceptors (Lipinski definition) is 3. The molecule has 2 heterocycles. The first-order valence-electron chi connectivity index (χ1n) is 3.59. The van der Waals surface area contributed by atoms with Crippen molar-refractivity contribution in [3.05, 3.63) is 18.0 Å². The molecule has 2 aromatic rings. The van der Waals surface area contributed by atoms with Crippen molar-refractivity contribution in [2.75, 3.05) is 0 Å². The number of nitrogens with one attached hydrogen (secondary N) is 1. The second kappa shape index (κ2) is 2.60. The molecule has 0 unspecified atom stereocenters. The van der Waals surface area contributed by atoms with Gasteiger partial charge in [-0.25, -0.2) is 4.98 Å². The average molecular weight is 203 g/mol. The highest BCUT2D eigenvalue weighted by Crippen LogP contribution is 2.33. The first-order valence-corrected chi connectivity index (χ1v) is 3.59. The smallest absolute Gasteiger partial charge is 0.433 e. The van der Waals surface area contributed by atoms with Crippen LogP contribution in [-0.2, 0) is 6.18 Å². The maximum absolute atomic E-state index is 12.3. The van der Waals surface area contributed by atoms with E-state index in [-0.39, 0.29) is 16.8 Å². The number of halogens is 3. The lowest BCUT2D eigenvalue weighted by molar-refractivity contribution is -0.139. The molecule has 2 aromatic heterocycles. The van der Waals surface area contributed by atoms with Crippen LogP contribution in [0.1, 0.15) is 5.69 Å². The lowest BCUT2D eigenvalue weighted by Gasteiger charge is -2.02. The summed E-state index contributed by atoms with van der Waals surface area (Å²) in [6.07, 6.45) is -3.49. The Hall–Kier alpha value is -1.79. The molecule has 0 bridgehead atoms. The van der Waals surface area contributed by atoms with Crippen LogP contribution in [0.2, 0.25) is 0 Å². The number of hydrogen-bond donors (Lipinski definition) is 2. The number of fused-ring (bicyclic) bond motifs is 1. The normalized spacial score (nSPS) is 12.2. The molecule has 7 heteroatoms. The number of aromatic nitrogens is 3. The SMILES string of the molecule is Oc1cnc2n[nH]c(C(F)(F)F)c2c1. The number of H-pyrrole nitrogens is 1. The van der Waals surface area contributed by atoms with Crippen molar-refractivity contribution in [2.24, 2.45) is 0 Å². The van der Waals surface area contributed by atoms with Gasteiger partial charge in [-0.05, 0) is 6.07 Å². The molecule has 0 saturated heterocycles. The van der Waals surface area contributed by atoms with Crippen LogP contribution < -0.4 is 0 Å². The number of aromatic hydroxyl groups is 1. The van der Waals surface area contributed by atoms with E-state index in [0.717, 1.165) is 12.3 Å². The molecule has 0 radical (unpaired) electrons. The number of nitrogens with zero attached hydrogens (tertiary/aromatic N) is 2.